The van der Waals surface area contributed by atoms with Gasteiger partial charge >= 0.3 is 0 Å². The molecule has 0 radical (unpaired) electrons. The van der Waals surface area contributed by atoms with E-state index in [4.69, 9.17) is 0 Å². The summed E-state index contributed by atoms with van der Waals surface area (Å²) in [7, 11) is 0. The van der Waals surface area contributed by atoms with Crippen molar-refractivity contribution in [3.63, 3.8) is 0 Å². The van der Waals surface area contributed by atoms with E-state index in [2.05, 4.69) is 50.9 Å². The molecule has 0 atom stereocenters. The third-order valence-electron chi connectivity index (χ3n) is 3.43. The monoisotopic (exact) mass is 281 g/mol. The van der Waals surface area contributed by atoms with Gasteiger partial charge < -0.3 is 5.32 Å². The molecule has 3 rings (SSSR count). The van der Waals surface area contributed by atoms with Crippen molar-refractivity contribution in [3.8, 4) is 0 Å². The first-order valence-electron chi connectivity index (χ1n) is 7.22. The van der Waals surface area contributed by atoms with Crippen LogP contribution in [0.1, 0.15) is 17.7 Å². The molecule has 0 aliphatic heterocycles. The molecule has 1 aromatic carbocycles. The van der Waals surface area contributed by atoms with Crippen LogP contribution in [0.15, 0.2) is 42.7 Å². The van der Waals surface area contributed by atoms with E-state index in [0.29, 0.717) is 0 Å². The summed E-state index contributed by atoms with van der Waals surface area (Å²) >= 11 is 0. The maximum Gasteiger partial charge on any atom is 0.0705 e. The van der Waals surface area contributed by atoms with E-state index >= 15 is 0 Å². The Morgan fingerprint density at radius 3 is 3.00 bits per heavy atom. The summed E-state index contributed by atoms with van der Waals surface area (Å²) in [4.78, 5) is 4.52. The lowest BCUT2D eigenvalue weighted by Gasteiger charge is -2.06. The Morgan fingerprint density at radius 1 is 1.19 bits per heavy atom. The van der Waals surface area contributed by atoms with Crippen molar-refractivity contribution in [3.05, 3.63) is 54.0 Å². The lowest BCUT2D eigenvalue weighted by atomic mass is 10.1. The molecule has 5 heteroatoms. The number of aryl methyl sites for hydroxylation is 2. The minimum absolute atomic E-state index is 0.876. The van der Waals surface area contributed by atoms with Crippen LogP contribution in [0.5, 0.6) is 0 Å². The van der Waals surface area contributed by atoms with Crippen molar-refractivity contribution in [1.82, 2.24) is 25.3 Å². The van der Waals surface area contributed by atoms with Crippen molar-refractivity contribution in [2.24, 2.45) is 0 Å². The molecule has 0 bridgehead atoms. The van der Waals surface area contributed by atoms with E-state index < -0.39 is 0 Å². The Kier molecular flexibility index (Phi) is 4.21. The summed E-state index contributed by atoms with van der Waals surface area (Å²) in [6.07, 6.45) is 4.63. The quantitative estimate of drug-likeness (QED) is 0.704. The summed E-state index contributed by atoms with van der Waals surface area (Å²) in [5, 5.41) is 12.4. The molecule has 0 amide bonds. The summed E-state index contributed by atoms with van der Waals surface area (Å²) in [5.74, 6) is 0. The van der Waals surface area contributed by atoms with E-state index in [-0.39, 0.29) is 0 Å². The van der Waals surface area contributed by atoms with Crippen LogP contribution in [0, 0.1) is 6.92 Å². The zero-order valence-electron chi connectivity index (χ0n) is 12.2. The molecule has 0 saturated carbocycles. The van der Waals surface area contributed by atoms with Gasteiger partial charge in [0.15, 0.2) is 0 Å². The molecule has 0 saturated heterocycles. The van der Waals surface area contributed by atoms with Crippen LogP contribution >= 0.6 is 0 Å². The molecule has 5 nitrogen and oxygen atoms in total. The average Bonchev–Trinajstić information content (AvgIpc) is 3.00. The minimum atomic E-state index is 0.876. The molecule has 2 aromatic heterocycles. The SMILES string of the molecule is Cc1ccc2cc(CNCCCn3ccnn3)ccc2n1. The fourth-order valence-corrected chi connectivity index (χ4v) is 2.34. The first kappa shape index (κ1) is 13.7. The van der Waals surface area contributed by atoms with Crippen LogP contribution in [0.3, 0.4) is 0 Å². The van der Waals surface area contributed by atoms with E-state index in [1.54, 1.807) is 6.20 Å². The Hall–Kier alpha value is -2.27. The third kappa shape index (κ3) is 3.64. The topological polar surface area (TPSA) is 55.6 Å². The van der Waals surface area contributed by atoms with Gasteiger partial charge in [0.1, 0.15) is 0 Å². The van der Waals surface area contributed by atoms with Crippen LogP contribution in [-0.2, 0) is 13.1 Å². The van der Waals surface area contributed by atoms with Gasteiger partial charge in [-0.25, -0.2) is 0 Å². The number of benzene rings is 1. The maximum atomic E-state index is 4.52. The summed E-state index contributed by atoms with van der Waals surface area (Å²) in [5.41, 5.74) is 3.40. The molecular formula is C16H19N5. The first-order chi connectivity index (χ1) is 10.3. The van der Waals surface area contributed by atoms with Crippen molar-refractivity contribution in [1.29, 1.82) is 0 Å². The molecule has 108 valence electrons. The molecular weight excluding hydrogens is 262 g/mol. The summed E-state index contributed by atoms with van der Waals surface area (Å²) < 4.78 is 1.85. The number of pyridine rings is 1. The highest BCUT2D eigenvalue weighted by Crippen LogP contribution is 2.14. The van der Waals surface area contributed by atoms with Crippen molar-refractivity contribution in [2.75, 3.05) is 6.54 Å². The predicted octanol–water partition coefficient (Wildman–Crippen LogP) is 2.31. The number of nitrogens with one attached hydrogen (secondary N) is 1. The fraction of sp³-hybridized carbons (Fsp3) is 0.312. The first-order valence-corrected chi connectivity index (χ1v) is 7.22. The molecule has 1 N–H and O–H groups in total. The molecule has 0 aliphatic carbocycles. The number of aromatic nitrogens is 4. The highest BCUT2D eigenvalue weighted by Gasteiger charge is 1.98. The number of fused-ring (bicyclic) bond motifs is 1. The largest absolute Gasteiger partial charge is 0.313 e. The second-order valence-corrected chi connectivity index (χ2v) is 5.18. The van der Waals surface area contributed by atoms with Gasteiger partial charge in [0.2, 0.25) is 0 Å². The van der Waals surface area contributed by atoms with E-state index in [1.165, 1.54) is 10.9 Å². The van der Waals surface area contributed by atoms with Crippen LogP contribution in [0.25, 0.3) is 10.9 Å². The van der Waals surface area contributed by atoms with Crippen LogP contribution < -0.4 is 5.32 Å². The van der Waals surface area contributed by atoms with Crippen LogP contribution in [0.2, 0.25) is 0 Å². The summed E-state index contributed by atoms with van der Waals surface area (Å²) in [6.45, 7) is 4.75. The van der Waals surface area contributed by atoms with Gasteiger partial charge in [-0.05, 0) is 43.7 Å². The van der Waals surface area contributed by atoms with Gasteiger partial charge in [0, 0.05) is 30.4 Å². The van der Waals surface area contributed by atoms with E-state index in [0.717, 1.165) is 37.3 Å². The number of hydrogen-bond acceptors (Lipinski definition) is 4. The Balaban J connectivity index is 1.50. The second kappa shape index (κ2) is 6.45. The molecule has 21 heavy (non-hydrogen) atoms. The minimum Gasteiger partial charge on any atom is -0.313 e. The second-order valence-electron chi connectivity index (χ2n) is 5.18. The lowest BCUT2D eigenvalue weighted by molar-refractivity contribution is 0.530. The molecule has 0 spiro atoms. The van der Waals surface area contributed by atoms with Crippen LogP contribution in [0.4, 0.5) is 0 Å². The van der Waals surface area contributed by atoms with Crippen molar-refractivity contribution < 1.29 is 0 Å². The predicted molar refractivity (Wildman–Crippen MR) is 82.8 cm³/mol. The Labute approximate surface area is 124 Å². The number of rotatable bonds is 6. The maximum absolute atomic E-state index is 4.52. The standard InChI is InChI=1S/C16H19N5/c1-13-3-5-15-11-14(4-6-16(15)19-13)12-17-7-2-9-21-10-8-18-20-21/h3-6,8,10-11,17H,2,7,9,12H2,1H3. The van der Waals surface area contributed by atoms with Gasteiger partial charge in [-0.15, -0.1) is 5.10 Å². The van der Waals surface area contributed by atoms with Gasteiger partial charge in [-0.3, -0.25) is 9.67 Å². The van der Waals surface area contributed by atoms with Crippen molar-refractivity contribution in [2.45, 2.75) is 26.4 Å². The third-order valence-corrected chi connectivity index (χ3v) is 3.43. The molecule has 0 fully saturated rings. The van der Waals surface area contributed by atoms with Gasteiger partial charge in [0.25, 0.3) is 0 Å². The molecule has 3 aromatic rings. The lowest BCUT2D eigenvalue weighted by Crippen LogP contribution is -2.16. The molecule has 0 aliphatic rings. The Bertz CT molecular complexity index is 706. The number of nitrogens with zero attached hydrogens (tertiary/aromatic N) is 4. The van der Waals surface area contributed by atoms with Crippen molar-refractivity contribution >= 4 is 10.9 Å². The van der Waals surface area contributed by atoms with Gasteiger partial charge in [-0.1, -0.05) is 17.3 Å². The highest BCUT2D eigenvalue weighted by molar-refractivity contribution is 5.79. The number of hydrogen-bond donors (Lipinski definition) is 1. The van der Waals surface area contributed by atoms with Gasteiger partial charge in [-0.2, -0.15) is 0 Å². The zero-order valence-corrected chi connectivity index (χ0v) is 12.2. The van der Waals surface area contributed by atoms with Crippen LogP contribution in [-0.4, -0.2) is 26.5 Å². The summed E-state index contributed by atoms with van der Waals surface area (Å²) in [6, 6.07) is 10.6. The normalized spacial score (nSPS) is 11.1. The zero-order chi connectivity index (χ0) is 14.5. The highest BCUT2D eigenvalue weighted by atomic mass is 15.4. The Morgan fingerprint density at radius 2 is 2.14 bits per heavy atom. The van der Waals surface area contributed by atoms with Gasteiger partial charge in [0.05, 0.1) is 11.7 Å². The average molecular weight is 281 g/mol. The smallest absolute Gasteiger partial charge is 0.0705 e. The fourth-order valence-electron chi connectivity index (χ4n) is 2.34. The van der Waals surface area contributed by atoms with E-state index in [1.807, 2.05) is 17.8 Å². The molecule has 2 heterocycles. The molecule has 0 unspecified atom stereocenters. The van der Waals surface area contributed by atoms with E-state index in [9.17, 15) is 0 Å².